The first-order valence-electron chi connectivity index (χ1n) is 7.99. The topological polar surface area (TPSA) is 85.9 Å². The smallest absolute Gasteiger partial charge is 0.227 e. The molecule has 0 amide bonds. The third-order valence-electron chi connectivity index (χ3n) is 4.01. The van der Waals surface area contributed by atoms with Crippen LogP contribution in [0.4, 0.5) is 0 Å². The third-order valence-corrected chi connectivity index (χ3v) is 4.25. The molecule has 1 aromatic carbocycles. The summed E-state index contributed by atoms with van der Waals surface area (Å²) in [6, 6.07) is 8.63. The molecule has 2 aromatic heterocycles. The van der Waals surface area contributed by atoms with E-state index in [0.29, 0.717) is 21.5 Å². The van der Waals surface area contributed by atoms with Crippen molar-refractivity contribution in [1.29, 1.82) is 0 Å². The van der Waals surface area contributed by atoms with Gasteiger partial charge >= 0.3 is 0 Å². The highest BCUT2D eigenvalue weighted by molar-refractivity contribution is 6.31. The molecule has 3 rings (SSSR count). The van der Waals surface area contributed by atoms with Gasteiger partial charge in [-0.1, -0.05) is 31.0 Å². The number of pyridine rings is 1. The summed E-state index contributed by atoms with van der Waals surface area (Å²) in [6.07, 6.45) is 3.03. The van der Waals surface area contributed by atoms with E-state index in [1.807, 2.05) is 6.07 Å². The Hall–Kier alpha value is -2.66. The van der Waals surface area contributed by atoms with Crippen molar-refractivity contribution >= 4 is 34.3 Å². The number of rotatable bonds is 6. The fourth-order valence-corrected chi connectivity index (χ4v) is 3.09. The van der Waals surface area contributed by atoms with Crippen molar-refractivity contribution in [2.24, 2.45) is 0 Å². The van der Waals surface area contributed by atoms with Crippen LogP contribution in [0, 0.1) is 0 Å². The Labute approximate surface area is 149 Å². The minimum Gasteiger partial charge on any atom is -0.550 e. The lowest BCUT2D eigenvalue weighted by atomic mass is 10.0. The summed E-state index contributed by atoms with van der Waals surface area (Å²) in [4.78, 5) is 31.2. The van der Waals surface area contributed by atoms with E-state index in [9.17, 15) is 14.7 Å². The Balaban J connectivity index is 2.11. The molecule has 0 bridgehead atoms. The highest BCUT2D eigenvalue weighted by Gasteiger charge is 2.20. The molecule has 0 aliphatic heterocycles. The van der Waals surface area contributed by atoms with Crippen LogP contribution in [0.5, 0.6) is 0 Å². The highest BCUT2D eigenvalue weighted by atomic mass is 35.5. The van der Waals surface area contributed by atoms with Crippen molar-refractivity contribution in [3.8, 4) is 0 Å². The van der Waals surface area contributed by atoms with Gasteiger partial charge in [-0.2, -0.15) is 0 Å². The van der Waals surface area contributed by atoms with E-state index in [4.69, 9.17) is 11.6 Å². The fourth-order valence-electron chi connectivity index (χ4n) is 2.92. The number of carbonyl (C=O) groups is 2. The van der Waals surface area contributed by atoms with Gasteiger partial charge in [0.1, 0.15) is 5.69 Å². The first-order chi connectivity index (χ1) is 12.0. The summed E-state index contributed by atoms with van der Waals surface area (Å²) in [5.74, 6) is -1.60. The van der Waals surface area contributed by atoms with E-state index in [1.165, 1.54) is 0 Å². The molecule has 1 N–H and O–H groups in total. The molecule has 0 saturated heterocycles. The zero-order chi connectivity index (χ0) is 18.0. The monoisotopic (exact) mass is 355 g/mol. The van der Waals surface area contributed by atoms with Crippen LogP contribution in [0.15, 0.2) is 36.5 Å². The number of carbonyl (C=O) groups excluding carboxylic acids is 2. The highest BCUT2D eigenvalue weighted by Crippen LogP contribution is 2.27. The predicted molar refractivity (Wildman–Crippen MR) is 93.7 cm³/mol. The maximum Gasteiger partial charge on any atom is 0.227 e. The Kier molecular flexibility index (Phi) is 4.86. The molecule has 0 unspecified atom stereocenters. The second-order valence-electron chi connectivity index (χ2n) is 5.85. The molecule has 0 radical (unpaired) electrons. The SMILES string of the molecule is CCCc1ccnc(C(=O)c2[nH]c3cc(Cl)ccc3c2CC(=O)[O-])c1. The number of H-pyrrole nitrogens is 1. The average Bonchev–Trinajstić information content (AvgIpc) is 2.91. The quantitative estimate of drug-likeness (QED) is 0.689. The standard InChI is InChI=1S/C19H17ClN2O3/c1-2-3-11-6-7-21-16(8-11)19(25)18-14(10-17(23)24)13-5-4-12(20)9-15(13)22-18/h4-9,22H,2-3,10H2,1H3,(H,23,24)/p-1. The summed E-state index contributed by atoms with van der Waals surface area (Å²) in [7, 11) is 0. The lowest BCUT2D eigenvalue weighted by Gasteiger charge is -2.06. The molecule has 5 nitrogen and oxygen atoms in total. The molecule has 0 atom stereocenters. The molecule has 128 valence electrons. The number of carboxylic acid groups (broad SMARTS) is 1. The van der Waals surface area contributed by atoms with Crippen LogP contribution in [-0.4, -0.2) is 21.7 Å². The van der Waals surface area contributed by atoms with Crippen molar-refractivity contribution < 1.29 is 14.7 Å². The molecular weight excluding hydrogens is 340 g/mol. The van der Waals surface area contributed by atoms with Gasteiger partial charge in [0.25, 0.3) is 0 Å². The van der Waals surface area contributed by atoms with Crippen LogP contribution >= 0.6 is 11.6 Å². The molecule has 0 fully saturated rings. The van der Waals surface area contributed by atoms with Gasteiger partial charge in [0.05, 0.1) is 5.69 Å². The number of ketones is 1. The molecule has 25 heavy (non-hydrogen) atoms. The van der Waals surface area contributed by atoms with Gasteiger partial charge in [-0.05, 0) is 41.8 Å². The van der Waals surface area contributed by atoms with Crippen molar-refractivity contribution in [1.82, 2.24) is 9.97 Å². The number of benzene rings is 1. The maximum atomic E-state index is 12.9. The Morgan fingerprint density at radius 1 is 1.24 bits per heavy atom. The number of carboxylic acids is 1. The van der Waals surface area contributed by atoms with Gasteiger partial charge in [-0.25, -0.2) is 0 Å². The van der Waals surface area contributed by atoms with Gasteiger partial charge < -0.3 is 14.9 Å². The number of nitrogens with zero attached hydrogens (tertiary/aromatic N) is 1. The molecule has 0 aliphatic carbocycles. The maximum absolute atomic E-state index is 12.9. The third kappa shape index (κ3) is 3.56. The zero-order valence-electron chi connectivity index (χ0n) is 13.6. The number of aromatic nitrogens is 2. The largest absolute Gasteiger partial charge is 0.550 e. The van der Waals surface area contributed by atoms with Crippen molar-refractivity contribution in [2.45, 2.75) is 26.2 Å². The first kappa shape index (κ1) is 17.2. The van der Waals surface area contributed by atoms with Crippen molar-refractivity contribution in [3.05, 3.63) is 64.1 Å². The predicted octanol–water partition coefficient (Wildman–Crippen LogP) is 2.69. The zero-order valence-corrected chi connectivity index (χ0v) is 14.4. The van der Waals surface area contributed by atoms with E-state index < -0.39 is 5.97 Å². The van der Waals surface area contributed by atoms with Crippen molar-refractivity contribution in [2.75, 3.05) is 0 Å². The van der Waals surface area contributed by atoms with Crippen LogP contribution in [0.25, 0.3) is 10.9 Å². The summed E-state index contributed by atoms with van der Waals surface area (Å²) in [5.41, 5.74) is 2.50. The van der Waals surface area contributed by atoms with Crippen LogP contribution in [-0.2, 0) is 17.6 Å². The summed E-state index contributed by atoms with van der Waals surface area (Å²) < 4.78 is 0. The lowest BCUT2D eigenvalue weighted by Crippen LogP contribution is -2.25. The van der Waals surface area contributed by atoms with Crippen molar-refractivity contribution in [3.63, 3.8) is 0 Å². The van der Waals surface area contributed by atoms with Gasteiger partial charge in [0, 0.05) is 34.5 Å². The van der Waals surface area contributed by atoms with E-state index in [2.05, 4.69) is 16.9 Å². The van der Waals surface area contributed by atoms with E-state index in [0.717, 1.165) is 18.4 Å². The second-order valence-corrected chi connectivity index (χ2v) is 6.28. The van der Waals surface area contributed by atoms with Gasteiger partial charge in [0.2, 0.25) is 5.78 Å². The number of hydrogen-bond donors (Lipinski definition) is 1. The molecule has 0 spiro atoms. The summed E-state index contributed by atoms with van der Waals surface area (Å²) >= 11 is 5.99. The Morgan fingerprint density at radius 2 is 2.04 bits per heavy atom. The number of fused-ring (bicyclic) bond motifs is 1. The van der Waals surface area contributed by atoms with E-state index >= 15 is 0 Å². The number of aliphatic carboxylic acids is 1. The molecule has 3 aromatic rings. The summed E-state index contributed by atoms with van der Waals surface area (Å²) in [6.45, 7) is 2.06. The van der Waals surface area contributed by atoms with Crippen LogP contribution in [0.2, 0.25) is 5.02 Å². The number of hydrogen-bond acceptors (Lipinski definition) is 4. The molecule has 0 saturated carbocycles. The molecule has 6 heteroatoms. The molecule has 0 aliphatic rings. The first-order valence-corrected chi connectivity index (χ1v) is 8.37. The molecule has 2 heterocycles. The summed E-state index contributed by atoms with van der Waals surface area (Å²) in [5, 5.41) is 12.3. The fraction of sp³-hybridized carbons (Fsp3) is 0.211. The molecular formula is C19H16ClN2O3-. The van der Waals surface area contributed by atoms with E-state index in [-0.39, 0.29) is 23.6 Å². The second kappa shape index (κ2) is 7.07. The number of halogens is 1. The van der Waals surface area contributed by atoms with Gasteiger partial charge in [0.15, 0.2) is 0 Å². The number of nitrogens with one attached hydrogen (secondary N) is 1. The van der Waals surface area contributed by atoms with Crippen LogP contribution in [0.3, 0.4) is 0 Å². The van der Waals surface area contributed by atoms with Gasteiger partial charge in [-0.15, -0.1) is 0 Å². The normalized spacial score (nSPS) is 11.0. The van der Waals surface area contributed by atoms with Gasteiger partial charge in [-0.3, -0.25) is 9.78 Å². The van der Waals surface area contributed by atoms with Crippen LogP contribution in [0.1, 0.15) is 40.7 Å². The Morgan fingerprint density at radius 3 is 2.76 bits per heavy atom. The lowest BCUT2D eigenvalue weighted by molar-refractivity contribution is -0.304. The van der Waals surface area contributed by atoms with E-state index in [1.54, 1.807) is 30.5 Å². The average molecular weight is 356 g/mol. The minimum absolute atomic E-state index is 0.211. The number of aromatic amines is 1. The van der Waals surface area contributed by atoms with Crippen LogP contribution < -0.4 is 5.11 Å². The minimum atomic E-state index is -1.25. The Bertz CT molecular complexity index is 962. The number of aryl methyl sites for hydroxylation is 1.